The summed E-state index contributed by atoms with van der Waals surface area (Å²) < 4.78 is 5.33. The van der Waals surface area contributed by atoms with Crippen LogP contribution in [-0.2, 0) is 0 Å². The van der Waals surface area contributed by atoms with Gasteiger partial charge in [-0.2, -0.15) is 0 Å². The summed E-state index contributed by atoms with van der Waals surface area (Å²) in [6, 6.07) is 6.91. The van der Waals surface area contributed by atoms with Crippen LogP contribution in [0.5, 0.6) is 5.75 Å². The molecule has 1 N–H and O–H groups in total. The van der Waals surface area contributed by atoms with Gasteiger partial charge in [0.1, 0.15) is 5.75 Å². The Bertz CT molecular complexity index is 453. The van der Waals surface area contributed by atoms with Gasteiger partial charge >= 0.3 is 0 Å². The molecule has 1 fully saturated rings. The highest BCUT2D eigenvalue weighted by molar-refractivity contribution is 5.37. The molecule has 112 valence electrons. The van der Waals surface area contributed by atoms with Crippen LogP contribution in [0, 0.1) is 18.3 Å². The maximum Gasteiger partial charge on any atom is 0.119 e. The van der Waals surface area contributed by atoms with Gasteiger partial charge < -0.3 is 10.1 Å². The highest BCUT2D eigenvalue weighted by atomic mass is 16.5. The van der Waals surface area contributed by atoms with E-state index < -0.39 is 0 Å². The average Bonchev–Trinajstić information content (AvgIpc) is 2.42. The Hall–Kier alpha value is -1.02. The van der Waals surface area contributed by atoms with Crippen molar-refractivity contribution in [1.29, 1.82) is 0 Å². The summed E-state index contributed by atoms with van der Waals surface area (Å²) in [4.78, 5) is 0. The molecule has 2 unspecified atom stereocenters. The highest BCUT2D eigenvalue weighted by Gasteiger charge is 2.37. The van der Waals surface area contributed by atoms with Crippen LogP contribution in [0.3, 0.4) is 0 Å². The fourth-order valence-electron chi connectivity index (χ4n) is 3.84. The number of rotatable bonds is 4. The molecule has 0 saturated heterocycles. The maximum absolute atomic E-state index is 5.33. The first-order chi connectivity index (χ1) is 9.49. The number of methoxy groups -OCH3 is 1. The van der Waals surface area contributed by atoms with Gasteiger partial charge in [-0.05, 0) is 61.4 Å². The van der Waals surface area contributed by atoms with Crippen molar-refractivity contribution in [2.24, 2.45) is 11.3 Å². The van der Waals surface area contributed by atoms with Crippen molar-refractivity contribution in [2.45, 2.75) is 52.5 Å². The van der Waals surface area contributed by atoms with Crippen molar-refractivity contribution in [2.75, 3.05) is 14.2 Å². The Morgan fingerprint density at radius 2 is 2.05 bits per heavy atom. The van der Waals surface area contributed by atoms with Crippen LogP contribution in [0.2, 0.25) is 0 Å². The maximum atomic E-state index is 5.33. The summed E-state index contributed by atoms with van der Waals surface area (Å²) in [6.07, 6.45) is 5.40. The van der Waals surface area contributed by atoms with E-state index in [0.717, 1.165) is 5.75 Å². The van der Waals surface area contributed by atoms with Crippen molar-refractivity contribution in [1.82, 2.24) is 5.32 Å². The number of hydrogen-bond donors (Lipinski definition) is 1. The number of nitrogens with one attached hydrogen (secondary N) is 1. The third kappa shape index (κ3) is 3.01. The Labute approximate surface area is 123 Å². The topological polar surface area (TPSA) is 21.3 Å². The molecule has 1 aliphatic rings. The molecule has 0 aliphatic heterocycles. The first-order valence-electron chi connectivity index (χ1n) is 7.81. The van der Waals surface area contributed by atoms with E-state index in [9.17, 15) is 0 Å². The van der Waals surface area contributed by atoms with Gasteiger partial charge in [0, 0.05) is 6.04 Å². The molecule has 1 aliphatic carbocycles. The minimum Gasteiger partial charge on any atom is -0.497 e. The van der Waals surface area contributed by atoms with E-state index in [2.05, 4.69) is 51.3 Å². The summed E-state index contributed by atoms with van der Waals surface area (Å²) in [7, 11) is 3.83. The van der Waals surface area contributed by atoms with Crippen molar-refractivity contribution in [3.05, 3.63) is 29.3 Å². The molecular formula is C18H29NO. The molecule has 0 spiro atoms. The van der Waals surface area contributed by atoms with E-state index in [0.29, 0.717) is 17.4 Å². The third-order valence-corrected chi connectivity index (χ3v) is 5.12. The quantitative estimate of drug-likeness (QED) is 0.874. The predicted octanol–water partition coefficient (Wildman–Crippen LogP) is 4.48. The number of benzene rings is 1. The lowest BCUT2D eigenvalue weighted by Crippen LogP contribution is -2.38. The van der Waals surface area contributed by atoms with Gasteiger partial charge in [-0.15, -0.1) is 0 Å². The van der Waals surface area contributed by atoms with E-state index in [-0.39, 0.29) is 0 Å². The van der Waals surface area contributed by atoms with Crippen LogP contribution < -0.4 is 10.1 Å². The molecule has 2 rings (SSSR count). The molecule has 2 heteroatoms. The zero-order valence-electron chi connectivity index (χ0n) is 13.6. The summed E-state index contributed by atoms with van der Waals surface area (Å²) in [5, 5.41) is 3.58. The fourth-order valence-corrected chi connectivity index (χ4v) is 3.84. The second-order valence-corrected chi connectivity index (χ2v) is 6.83. The van der Waals surface area contributed by atoms with Gasteiger partial charge in [0.05, 0.1) is 7.11 Å². The zero-order valence-corrected chi connectivity index (χ0v) is 13.6. The van der Waals surface area contributed by atoms with Crippen LogP contribution >= 0.6 is 0 Å². The fraction of sp³-hybridized carbons (Fsp3) is 0.667. The first-order valence-corrected chi connectivity index (χ1v) is 7.81. The smallest absolute Gasteiger partial charge is 0.119 e. The molecule has 1 saturated carbocycles. The van der Waals surface area contributed by atoms with Crippen molar-refractivity contribution < 1.29 is 4.74 Å². The number of hydrogen-bond acceptors (Lipinski definition) is 2. The minimum absolute atomic E-state index is 0.415. The molecule has 0 bridgehead atoms. The molecule has 1 aromatic carbocycles. The minimum atomic E-state index is 0.415. The summed E-state index contributed by atoms with van der Waals surface area (Å²) in [6.45, 7) is 7.05. The molecule has 0 amide bonds. The van der Waals surface area contributed by atoms with Crippen LogP contribution in [0.4, 0.5) is 0 Å². The highest BCUT2D eigenvalue weighted by Crippen LogP contribution is 2.47. The third-order valence-electron chi connectivity index (χ3n) is 5.12. The largest absolute Gasteiger partial charge is 0.497 e. The lowest BCUT2D eigenvalue weighted by molar-refractivity contribution is 0.101. The van der Waals surface area contributed by atoms with E-state index in [1.165, 1.54) is 36.8 Å². The van der Waals surface area contributed by atoms with Crippen molar-refractivity contribution in [3.8, 4) is 5.75 Å². The van der Waals surface area contributed by atoms with E-state index in [1.54, 1.807) is 7.11 Å². The first kappa shape index (κ1) is 15.4. The number of ether oxygens (including phenoxy) is 1. The van der Waals surface area contributed by atoms with Gasteiger partial charge in [-0.1, -0.05) is 32.8 Å². The van der Waals surface area contributed by atoms with Crippen LogP contribution in [0.15, 0.2) is 18.2 Å². The Balaban J connectivity index is 2.32. The predicted molar refractivity (Wildman–Crippen MR) is 85.3 cm³/mol. The second kappa shape index (κ2) is 6.17. The average molecular weight is 275 g/mol. The lowest BCUT2D eigenvalue weighted by atomic mass is 9.64. The second-order valence-electron chi connectivity index (χ2n) is 6.83. The normalized spacial score (nSPS) is 23.4. The monoisotopic (exact) mass is 275 g/mol. The van der Waals surface area contributed by atoms with Crippen molar-refractivity contribution >= 4 is 0 Å². The molecule has 2 nitrogen and oxygen atoms in total. The van der Waals surface area contributed by atoms with E-state index in [1.807, 2.05) is 0 Å². The van der Waals surface area contributed by atoms with Gasteiger partial charge in [0.2, 0.25) is 0 Å². The molecule has 0 aromatic heterocycles. The van der Waals surface area contributed by atoms with Gasteiger partial charge in [-0.25, -0.2) is 0 Å². The van der Waals surface area contributed by atoms with Crippen LogP contribution in [0.1, 0.15) is 56.7 Å². The van der Waals surface area contributed by atoms with Crippen molar-refractivity contribution in [3.63, 3.8) is 0 Å². The summed E-state index contributed by atoms with van der Waals surface area (Å²) >= 11 is 0. The molecule has 0 heterocycles. The van der Waals surface area contributed by atoms with Crippen LogP contribution in [-0.4, -0.2) is 14.2 Å². The van der Waals surface area contributed by atoms with Gasteiger partial charge in [0.15, 0.2) is 0 Å². The Morgan fingerprint density at radius 3 is 2.60 bits per heavy atom. The summed E-state index contributed by atoms with van der Waals surface area (Å²) in [5.74, 6) is 1.65. The molecule has 2 atom stereocenters. The van der Waals surface area contributed by atoms with E-state index >= 15 is 0 Å². The Morgan fingerprint density at radius 1 is 1.30 bits per heavy atom. The molecule has 0 radical (unpaired) electrons. The van der Waals surface area contributed by atoms with Gasteiger partial charge in [-0.3, -0.25) is 0 Å². The standard InChI is InChI=1S/C18H29NO/c1-13-12-14(20-5)9-10-15(13)17(19-4)16-8-6-7-11-18(16,2)3/h9-10,12,16-17,19H,6-8,11H2,1-5H3. The lowest BCUT2D eigenvalue weighted by Gasteiger charge is -2.43. The number of aryl methyl sites for hydroxylation is 1. The van der Waals surface area contributed by atoms with Gasteiger partial charge in [0.25, 0.3) is 0 Å². The van der Waals surface area contributed by atoms with Crippen LogP contribution in [0.25, 0.3) is 0 Å². The zero-order chi connectivity index (χ0) is 14.8. The molecule has 20 heavy (non-hydrogen) atoms. The van der Waals surface area contributed by atoms with E-state index in [4.69, 9.17) is 4.74 Å². The SMILES string of the molecule is CNC(c1ccc(OC)cc1C)C1CCCCC1(C)C. The molecule has 1 aromatic rings. The Kier molecular flexibility index (Phi) is 4.74. The summed E-state index contributed by atoms with van der Waals surface area (Å²) in [5.41, 5.74) is 3.16. The molecular weight excluding hydrogens is 246 g/mol.